The Morgan fingerprint density at radius 1 is 1.36 bits per heavy atom. The van der Waals surface area contributed by atoms with E-state index < -0.39 is 0 Å². The normalized spacial score (nSPS) is 10.2. The first-order chi connectivity index (χ1) is 6.76. The van der Waals surface area contributed by atoms with Gasteiger partial charge in [0.15, 0.2) is 0 Å². The molecule has 0 nitrogen and oxygen atoms in total. The molecule has 0 bridgehead atoms. The van der Waals surface area contributed by atoms with Crippen LogP contribution in [0.3, 0.4) is 0 Å². The van der Waals surface area contributed by atoms with Crippen molar-refractivity contribution in [1.82, 2.24) is 0 Å². The minimum Gasteiger partial charge on any atom is -0.214 e. The fourth-order valence-electron chi connectivity index (χ4n) is 1.36. The molecule has 76 valence electrons. The zero-order valence-corrected chi connectivity index (χ0v) is 10.4. The summed E-state index contributed by atoms with van der Waals surface area (Å²) in [5.41, 5.74) is 2.63. The second-order valence-electron chi connectivity index (χ2n) is 3.54. The van der Waals surface area contributed by atoms with Gasteiger partial charge in [-0.1, -0.05) is 37.4 Å². The third-order valence-electron chi connectivity index (χ3n) is 2.39. The number of alkyl halides is 1. The van der Waals surface area contributed by atoms with Crippen molar-refractivity contribution < 1.29 is 0 Å². The van der Waals surface area contributed by atoms with Crippen molar-refractivity contribution in [3.63, 3.8) is 0 Å². The zero-order chi connectivity index (χ0) is 10.4. The van der Waals surface area contributed by atoms with Gasteiger partial charge in [0.2, 0.25) is 5.99 Å². The molecular weight excluding hydrogens is 210 g/mol. The second-order valence-corrected chi connectivity index (χ2v) is 5.08. The van der Waals surface area contributed by atoms with E-state index in [2.05, 4.69) is 37.3 Å². The summed E-state index contributed by atoms with van der Waals surface area (Å²) < 4.78 is 0. The molecule has 0 aliphatic heterocycles. The molecule has 1 aromatic rings. The summed E-state index contributed by atoms with van der Waals surface area (Å²) >= 11 is 7.71. The Hall–Kier alpha value is -0.0751. The third kappa shape index (κ3) is 3.97. The van der Waals surface area contributed by atoms with Gasteiger partial charge in [0.25, 0.3) is 0 Å². The summed E-state index contributed by atoms with van der Waals surface area (Å²) in [6.07, 6.45) is 4.57. The average Bonchev–Trinajstić information content (AvgIpc) is 2.26. The monoisotopic (exact) mass is 226 g/mol. The van der Waals surface area contributed by atoms with Crippen molar-refractivity contribution in [2.75, 3.05) is 6.26 Å². The summed E-state index contributed by atoms with van der Waals surface area (Å²) in [4.78, 5) is 0. The van der Waals surface area contributed by atoms with Crippen LogP contribution in [0.5, 0.6) is 0 Å². The highest BCUT2D eigenvalue weighted by Gasteiger charge is 2.04. The molecule has 0 radical (unpaired) electrons. The lowest BCUT2D eigenvalue weighted by atomic mass is 9.73. The number of aryl methyl sites for hydroxylation is 1. The molecule has 0 atom stereocenters. The van der Waals surface area contributed by atoms with E-state index in [0.29, 0.717) is 5.88 Å². The van der Waals surface area contributed by atoms with E-state index in [4.69, 9.17) is 11.6 Å². The van der Waals surface area contributed by atoms with E-state index in [-0.39, 0.29) is 0 Å². The molecule has 1 aromatic carbocycles. The van der Waals surface area contributed by atoms with Crippen LogP contribution in [-0.2, 0) is 12.3 Å². The molecule has 14 heavy (non-hydrogen) atoms. The minimum atomic E-state index is 0.617. The van der Waals surface area contributed by atoms with Gasteiger partial charge in [-0.15, -0.1) is 11.6 Å². The van der Waals surface area contributed by atoms with Gasteiger partial charge in [-0.25, -0.2) is 11.6 Å². The van der Waals surface area contributed by atoms with Crippen LogP contribution in [0.25, 0.3) is 0 Å². The van der Waals surface area contributed by atoms with Crippen LogP contribution >= 0.6 is 23.2 Å². The maximum Gasteiger partial charge on any atom is 0.206 e. The van der Waals surface area contributed by atoms with Crippen LogP contribution in [-0.4, -0.2) is 12.2 Å². The van der Waals surface area contributed by atoms with Gasteiger partial charge in [0.05, 0.1) is 0 Å². The minimum absolute atomic E-state index is 0.617. The molecule has 1 rings (SSSR count). The van der Waals surface area contributed by atoms with Crippen LogP contribution in [0.1, 0.15) is 11.1 Å². The van der Waals surface area contributed by atoms with Crippen molar-refractivity contribution in [2.45, 2.75) is 25.4 Å². The Balaban J connectivity index is 2.50. The number of benzene rings is 1. The standard InChI is InChI=1S/C11H16BClS/c1-12(14-2)7-6-10-4-3-5-11(8-10)9-13/h3-5,8H,6-7,9H2,1-2H3. The van der Waals surface area contributed by atoms with Gasteiger partial charge in [-0.3, -0.25) is 0 Å². The van der Waals surface area contributed by atoms with Crippen LogP contribution in [0.4, 0.5) is 0 Å². The molecule has 3 heteroatoms. The van der Waals surface area contributed by atoms with Crippen molar-refractivity contribution in [2.24, 2.45) is 0 Å². The SMILES string of the molecule is CSB(C)CCc1cccc(CCl)c1. The fraction of sp³-hybridized carbons (Fsp3) is 0.455. The number of rotatable bonds is 5. The van der Waals surface area contributed by atoms with E-state index in [1.807, 2.05) is 11.6 Å². The molecule has 0 aromatic heterocycles. The smallest absolute Gasteiger partial charge is 0.206 e. The molecule has 0 fully saturated rings. The maximum absolute atomic E-state index is 5.78. The van der Waals surface area contributed by atoms with Crippen LogP contribution in [0.15, 0.2) is 24.3 Å². The zero-order valence-electron chi connectivity index (χ0n) is 8.79. The molecule has 0 amide bonds. The van der Waals surface area contributed by atoms with Gasteiger partial charge in [0, 0.05) is 5.88 Å². The molecule has 0 aliphatic rings. The largest absolute Gasteiger partial charge is 0.214 e. The van der Waals surface area contributed by atoms with E-state index >= 15 is 0 Å². The topological polar surface area (TPSA) is 0 Å². The summed E-state index contributed by atoms with van der Waals surface area (Å²) in [5.74, 6) is 1.36. The molecule has 0 aliphatic carbocycles. The predicted octanol–water partition coefficient (Wildman–Crippen LogP) is 3.95. The van der Waals surface area contributed by atoms with Crippen LogP contribution in [0, 0.1) is 0 Å². The lowest BCUT2D eigenvalue weighted by molar-refractivity contribution is 1.11. The summed E-state index contributed by atoms with van der Waals surface area (Å²) in [7, 11) is 0. The van der Waals surface area contributed by atoms with E-state index in [0.717, 1.165) is 12.4 Å². The quantitative estimate of drug-likeness (QED) is 0.541. The molecule has 0 heterocycles. The van der Waals surface area contributed by atoms with Crippen LogP contribution in [0.2, 0.25) is 13.1 Å². The average molecular weight is 227 g/mol. The maximum atomic E-state index is 5.78. The Labute approximate surface area is 96.4 Å². The number of halogens is 1. The third-order valence-corrected chi connectivity index (χ3v) is 3.74. The fourth-order valence-corrected chi connectivity index (χ4v) is 1.88. The second kappa shape index (κ2) is 6.42. The van der Waals surface area contributed by atoms with Crippen LogP contribution < -0.4 is 0 Å². The molecule has 0 unspecified atom stereocenters. The van der Waals surface area contributed by atoms with Gasteiger partial charge >= 0.3 is 0 Å². The lowest BCUT2D eigenvalue weighted by Crippen LogP contribution is -2.01. The highest BCUT2D eigenvalue weighted by molar-refractivity contribution is 8.24. The first kappa shape index (κ1) is 12.0. The highest BCUT2D eigenvalue weighted by Crippen LogP contribution is 2.14. The van der Waals surface area contributed by atoms with Gasteiger partial charge in [-0.2, -0.15) is 0 Å². The molecule has 0 N–H and O–H groups in total. The first-order valence-electron chi connectivity index (χ1n) is 4.93. The summed E-state index contributed by atoms with van der Waals surface area (Å²) in [5, 5.41) is 0. The molecule has 0 saturated heterocycles. The number of hydrogen-bond donors (Lipinski definition) is 0. The van der Waals surface area contributed by atoms with E-state index in [1.165, 1.54) is 17.4 Å². The van der Waals surface area contributed by atoms with Gasteiger partial charge < -0.3 is 0 Å². The van der Waals surface area contributed by atoms with Gasteiger partial charge in [-0.05, 0) is 23.8 Å². The highest BCUT2D eigenvalue weighted by atomic mass is 35.5. The number of hydrogen-bond acceptors (Lipinski definition) is 1. The van der Waals surface area contributed by atoms with E-state index in [9.17, 15) is 0 Å². The van der Waals surface area contributed by atoms with Crippen molar-refractivity contribution in [3.05, 3.63) is 35.4 Å². The Morgan fingerprint density at radius 3 is 2.71 bits per heavy atom. The van der Waals surface area contributed by atoms with Gasteiger partial charge in [0.1, 0.15) is 0 Å². The van der Waals surface area contributed by atoms with Crippen molar-refractivity contribution in [1.29, 1.82) is 0 Å². The van der Waals surface area contributed by atoms with E-state index in [1.54, 1.807) is 0 Å². The summed E-state index contributed by atoms with van der Waals surface area (Å²) in [6, 6.07) is 8.56. The van der Waals surface area contributed by atoms with Crippen molar-refractivity contribution >= 4 is 29.2 Å². The first-order valence-corrected chi connectivity index (χ1v) is 6.75. The molecule has 0 saturated carbocycles. The Bertz CT molecular complexity index is 278. The Kier molecular flexibility index (Phi) is 5.50. The Morgan fingerprint density at radius 2 is 2.07 bits per heavy atom. The molecule has 0 spiro atoms. The van der Waals surface area contributed by atoms with Crippen molar-refractivity contribution in [3.8, 4) is 0 Å². The lowest BCUT2D eigenvalue weighted by Gasteiger charge is -2.05. The molecular formula is C11H16BClS. The summed E-state index contributed by atoms with van der Waals surface area (Å²) in [6.45, 7) is 2.27. The predicted molar refractivity (Wildman–Crippen MR) is 69.6 cm³/mol.